The van der Waals surface area contributed by atoms with Crippen LogP contribution in [0.4, 0.5) is 0 Å². The van der Waals surface area contributed by atoms with E-state index >= 15 is 0 Å². The molecule has 0 bridgehead atoms. The standard InChI is InChI=1S/C24H26N6O3.2ClH/c25-13-17-11-21-20(28-14-17)1-2-24(31)30(21)8-7-29-5-3-18(4-6-29)26-15-19-12-22-23(16-27-19)33-10-9-32-22;;/h1-2,11-12,14,16,18,26H,3-10,15H2;2*1H. The predicted octanol–water partition coefficient (Wildman–Crippen LogP) is 2.53. The largest absolute Gasteiger partial charge is 0.486 e. The van der Waals surface area contributed by atoms with Gasteiger partial charge in [0.15, 0.2) is 11.5 Å². The summed E-state index contributed by atoms with van der Waals surface area (Å²) in [5.41, 5.74) is 2.78. The zero-order chi connectivity index (χ0) is 22.6. The highest BCUT2D eigenvalue weighted by molar-refractivity contribution is 5.85. The van der Waals surface area contributed by atoms with E-state index in [9.17, 15) is 10.1 Å². The molecule has 5 heterocycles. The molecule has 5 rings (SSSR count). The monoisotopic (exact) mass is 518 g/mol. The maximum absolute atomic E-state index is 12.5. The SMILES string of the molecule is Cl.Cl.N#Cc1cnc2ccc(=O)n(CCN3CCC(NCc4cc5c(cn4)OCCO5)CC3)c2c1. The second kappa shape index (κ2) is 12.2. The van der Waals surface area contributed by atoms with Crippen LogP contribution in [0.1, 0.15) is 24.1 Å². The van der Waals surface area contributed by atoms with Crippen LogP contribution in [0.3, 0.4) is 0 Å². The van der Waals surface area contributed by atoms with E-state index in [1.807, 2.05) is 6.07 Å². The Morgan fingerprint density at radius 1 is 1.03 bits per heavy atom. The maximum atomic E-state index is 12.5. The van der Waals surface area contributed by atoms with Crippen molar-refractivity contribution in [3.63, 3.8) is 0 Å². The fourth-order valence-electron chi connectivity index (χ4n) is 4.40. The minimum atomic E-state index is -0.0668. The Balaban J connectivity index is 0.00000171. The predicted molar refractivity (Wildman–Crippen MR) is 137 cm³/mol. The number of nitrogens with zero attached hydrogens (tertiary/aromatic N) is 5. The Bertz CT molecular complexity index is 1250. The van der Waals surface area contributed by atoms with Crippen molar-refractivity contribution in [3.8, 4) is 17.6 Å². The quantitative estimate of drug-likeness (QED) is 0.530. The van der Waals surface area contributed by atoms with Gasteiger partial charge in [0.05, 0.1) is 28.5 Å². The Morgan fingerprint density at radius 3 is 2.57 bits per heavy atom. The van der Waals surface area contributed by atoms with Crippen LogP contribution >= 0.6 is 24.8 Å². The first-order valence-electron chi connectivity index (χ1n) is 11.3. The lowest BCUT2D eigenvalue weighted by atomic mass is 10.0. The summed E-state index contributed by atoms with van der Waals surface area (Å²) in [7, 11) is 0. The Labute approximate surface area is 215 Å². The fraction of sp³-hybridized carbons (Fsp3) is 0.417. The van der Waals surface area contributed by atoms with E-state index in [0.29, 0.717) is 49.2 Å². The third-order valence-corrected chi connectivity index (χ3v) is 6.25. The molecule has 0 aliphatic carbocycles. The van der Waals surface area contributed by atoms with Crippen molar-refractivity contribution >= 4 is 35.8 Å². The van der Waals surface area contributed by atoms with Gasteiger partial charge < -0.3 is 24.3 Å². The molecule has 0 atom stereocenters. The summed E-state index contributed by atoms with van der Waals surface area (Å²) in [6.45, 7) is 5.13. The van der Waals surface area contributed by atoms with Gasteiger partial charge in [-0.15, -0.1) is 24.8 Å². The molecule has 1 saturated heterocycles. The fourth-order valence-corrected chi connectivity index (χ4v) is 4.40. The minimum absolute atomic E-state index is 0. The Morgan fingerprint density at radius 2 is 1.80 bits per heavy atom. The van der Waals surface area contributed by atoms with Crippen LogP contribution in [0, 0.1) is 11.3 Å². The van der Waals surface area contributed by atoms with Gasteiger partial charge in [0, 0.05) is 44.0 Å². The summed E-state index contributed by atoms with van der Waals surface area (Å²) in [6, 6.07) is 9.48. The molecule has 11 heteroatoms. The molecule has 2 aliphatic rings. The molecule has 0 unspecified atom stereocenters. The van der Waals surface area contributed by atoms with E-state index in [0.717, 1.165) is 49.4 Å². The number of ether oxygens (including phenoxy) is 2. The molecular formula is C24H28Cl2N6O3. The van der Waals surface area contributed by atoms with Crippen molar-refractivity contribution in [1.29, 1.82) is 5.26 Å². The minimum Gasteiger partial charge on any atom is -0.486 e. The first kappa shape index (κ1) is 26.7. The summed E-state index contributed by atoms with van der Waals surface area (Å²) in [4.78, 5) is 23.6. The van der Waals surface area contributed by atoms with E-state index in [-0.39, 0.29) is 30.4 Å². The van der Waals surface area contributed by atoms with Gasteiger partial charge in [-0.2, -0.15) is 5.26 Å². The van der Waals surface area contributed by atoms with Gasteiger partial charge in [0.2, 0.25) is 0 Å². The number of halogens is 2. The highest BCUT2D eigenvalue weighted by atomic mass is 35.5. The normalized spacial score (nSPS) is 15.6. The summed E-state index contributed by atoms with van der Waals surface area (Å²) in [6.07, 6.45) is 5.35. The van der Waals surface area contributed by atoms with Gasteiger partial charge >= 0.3 is 0 Å². The van der Waals surface area contributed by atoms with Crippen LogP contribution in [-0.4, -0.2) is 58.3 Å². The van der Waals surface area contributed by atoms with Gasteiger partial charge in [0.1, 0.15) is 19.3 Å². The van der Waals surface area contributed by atoms with Crippen molar-refractivity contribution in [2.45, 2.75) is 32.0 Å². The van der Waals surface area contributed by atoms with E-state index in [2.05, 4.69) is 26.3 Å². The molecule has 2 aliphatic heterocycles. The van der Waals surface area contributed by atoms with Gasteiger partial charge in [-0.3, -0.25) is 14.8 Å². The first-order valence-corrected chi connectivity index (χ1v) is 11.3. The third kappa shape index (κ3) is 6.21. The second-order valence-electron chi connectivity index (χ2n) is 8.38. The van der Waals surface area contributed by atoms with Gasteiger partial charge in [-0.1, -0.05) is 0 Å². The van der Waals surface area contributed by atoms with Crippen molar-refractivity contribution in [2.75, 3.05) is 32.8 Å². The van der Waals surface area contributed by atoms with Crippen LogP contribution < -0.4 is 20.3 Å². The van der Waals surface area contributed by atoms with Crippen molar-refractivity contribution < 1.29 is 9.47 Å². The molecule has 9 nitrogen and oxygen atoms in total. The molecule has 35 heavy (non-hydrogen) atoms. The van der Waals surface area contributed by atoms with Gasteiger partial charge in [0.25, 0.3) is 5.56 Å². The molecule has 0 saturated carbocycles. The Hall–Kier alpha value is -2.90. The van der Waals surface area contributed by atoms with E-state index in [4.69, 9.17) is 9.47 Å². The molecule has 3 aromatic heterocycles. The van der Waals surface area contributed by atoms with Crippen molar-refractivity contribution in [2.24, 2.45) is 0 Å². The molecule has 0 aromatic carbocycles. The number of hydrogen-bond donors (Lipinski definition) is 1. The molecule has 1 fully saturated rings. The number of piperidine rings is 1. The smallest absolute Gasteiger partial charge is 0.251 e. The van der Waals surface area contributed by atoms with Gasteiger partial charge in [-0.05, 0) is 38.1 Å². The topological polar surface area (TPSA) is 105 Å². The number of fused-ring (bicyclic) bond motifs is 2. The van der Waals surface area contributed by atoms with Crippen molar-refractivity contribution in [3.05, 3.63) is 58.3 Å². The molecule has 0 spiro atoms. The van der Waals surface area contributed by atoms with Crippen LogP contribution in [0.15, 0.2) is 41.5 Å². The van der Waals surface area contributed by atoms with Crippen molar-refractivity contribution in [1.82, 2.24) is 24.8 Å². The number of nitriles is 1. The van der Waals surface area contributed by atoms with Gasteiger partial charge in [-0.25, -0.2) is 0 Å². The summed E-state index contributed by atoms with van der Waals surface area (Å²) >= 11 is 0. The average molecular weight is 519 g/mol. The molecule has 0 amide bonds. The summed E-state index contributed by atoms with van der Waals surface area (Å²) < 4.78 is 12.9. The number of hydrogen-bond acceptors (Lipinski definition) is 8. The van der Waals surface area contributed by atoms with Crippen LogP contribution in [0.25, 0.3) is 11.0 Å². The molecule has 3 aromatic rings. The lowest BCUT2D eigenvalue weighted by molar-refractivity contribution is 0.170. The average Bonchev–Trinajstić information content (AvgIpc) is 2.87. The van der Waals surface area contributed by atoms with Crippen LogP contribution in [-0.2, 0) is 13.1 Å². The van der Waals surface area contributed by atoms with E-state index in [1.54, 1.807) is 29.0 Å². The molecule has 0 radical (unpaired) electrons. The second-order valence-corrected chi connectivity index (χ2v) is 8.38. The highest BCUT2D eigenvalue weighted by Gasteiger charge is 2.20. The van der Waals surface area contributed by atoms with Crippen LogP contribution in [0.2, 0.25) is 0 Å². The third-order valence-electron chi connectivity index (χ3n) is 6.25. The number of nitrogens with one attached hydrogen (secondary N) is 1. The first-order chi connectivity index (χ1) is 16.2. The number of pyridine rings is 3. The number of rotatable bonds is 6. The van der Waals surface area contributed by atoms with Crippen LogP contribution in [0.5, 0.6) is 11.5 Å². The maximum Gasteiger partial charge on any atom is 0.251 e. The summed E-state index contributed by atoms with van der Waals surface area (Å²) in [5, 5.41) is 12.8. The summed E-state index contributed by atoms with van der Waals surface area (Å²) in [5.74, 6) is 1.48. The van der Waals surface area contributed by atoms with E-state index < -0.39 is 0 Å². The lowest BCUT2D eigenvalue weighted by Gasteiger charge is -2.32. The Kier molecular flexibility index (Phi) is 9.29. The molecule has 1 N–H and O–H groups in total. The molecular weight excluding hydrogens is 491 g/mol. The zero-order valence-electron chi connectivity index (χ0n) is 19.2. The lowest BCUT2D eigenvalue weighted by Crippen LogP contribution is -2.43. The molecule has 186 valence electrons. The van der Waals surface area contributed by atoms with E-state index in [1.165, 1.54) is 6.20 Å². The highest BCUT2D eigenvalue weighted by Crippen LogP contribution is 2.29. The number of aromatic nitrogens is 3. The zero-order valence-corrected chi connectivity index (χ0v) is 20.8. The number of likely N-dealkylation sites (tertiary alicyclic amines) is 1.